The predicted molar refractivity (Wildman–Crippen MR) is 93.7 cm³/mol. The van der Waals surface area contributed by atoms with Gasteiger partial charge < -0.3 is 15.2 Å². The van der Waals surface area contributed by atoms with Crippen molar-refractivity contribution in [3.63, 3.8) is 0 Å². The molecule has 0 bridgehead atoms. The molecule has 0 aliphatic heterocycles. The highest BCUT2D eigenvalue weighted by Crippen LogP contribution is 2.42. The van der Waals surface area contributed by atoms with Crippen LogP contribution in [0, 0.1) is 0 Å². The van der Waals surface area contributed by atoms with E-state index in [1.807, 2.05) is 0 Å². The second-order valence-corrected chi connectivity index (χ2v) is 8.05. The lowest BCUT2D eigenvalue weighted by Crippen LogP contribution is -2.35. The summed E-state index contributed by atoms with van der Waals surface area (Å²) in [5, 5.41) is 14.2. The van der Waals surface area contributed by atoms with Crippen LogP contribution in [0.25, 0.3) is 0 Å². The fraction of sp³-hybridized carbons (Fsp3) is 0.125. The van der Waals surface area contributed by atoms with E-state index in [2.05, 4.69) is 5.32 Å². The van der Waals surface area contributed by atoms with Crippen LogP contribution >= 0.6 is 11.3 Å². The lowest BCUT2D eigenvalue weighted by molar-refractivity contribution is 0.335. The maximum atomic E-state index is 12.6. The van der Waals surface area contributed by atoms with E-state index in [1.165, 1.54) is 17.5 Å². The number of rotatable bonds is 6. The maximum Gasteiger partial charge on any atom is 0.272 e. The Hall–Kier alpha value is -2.65. The molecular weight excluding hydrogens is 366 g/mol. The van der Waals surface area contributed by atoms with Gasteiger partial charge in [0.15, 0.2) is 15.7 Å². The summed E-state index contributed by atoms with van der Waals surface area (Å²) in [6.07, 6.45) is 0. The van der Waals surface area contributed by atoms with Crippen molar-refractivity contribution >= 4 is 32.5 Å². The first-order valence-electron chi connectivity index (χ1n) is 7.21. The van der Waals surface area contributed by atoms with Crippen LogP contribution in [0.4, 0.5) is 11.4 Å². The van der Waals surface area contributed by atoms with Crippen molar-refractivity contribution in [1.82, 2.24) is 0 Å². The minimum absolute atomic E-state index is 0.0209. The number of sulfone groups is 1. The van der Waals surface area contributed by atoms with E-state index in [0.29, 0.717) is 0 Å². The van der Waals surface area contributed by atoms with Crippen LogP contribution in [0.5, 0.6) is 11.5 Å². The fourth-order valence-corrected chi connectivity index (χ4v) is 4.87. The molecule has 7 nitrogen and oxygen atoms in total. The first-order chi connectivity index (χ1) is 11.9. The van der Waals surface area contributed by atoms with E-state index in [9.17, 15) is 23.1 Å². The minimum atomic E-state index is -3.89. The zero-order valence-electron chi connectivity index (χ0n) is 13.0. The third-order valence-corrected chi connectivity index (χ3v) is 6.73. The first-order valence-corrected chi connectivity index (χ1v) is 9.58. The molecule has 2 N–H and O–H groups in total. The summed E-state index contributed by atoms with van der Waals surface area (Å²) >= 11 is 0.811. The zero-order chi connectivity index (χ0) is 18.2. The molecule has 1 aromatic heterocycles. The molecule has 0 saturated heterocycles. The summed E-state index contributed by atoms with van der Waals surface area (Å²) in [5.74, 6) is -0.630. The number of nitrogens with one attached hydrogen (secondary N) is 1. The number of anilines is 2. The number of hydrogen-bond acceptors (Lipinski definition) is 8. The SMILES string of the molecule is CCOc1c(Nc2csc(S(=O)(=O)c3ccccc3)c2O)c(=O)c1=O. The van der Waals surface area contributed by atoms with Crippen LogP contribution in [0.15, 0.2) is 54.4 Å². The molecule has 9 heteroatoms. The molecule has 0 fully saturated rings. The Morgan fingerprint density at radius 3 is 2.48 bits per heavy atom. The quantitative estimate of drug-likeness (QED) is 0.631. The maximum absolute atomic E-state index is 12.6. The molecule has 0 saturated carbocycles. The summed E-state index contributed by atoms with van der Waals surface area (Å²) in [5.41, 5.74) is -1.60. The smallest absolute Gasteiger partial charge is 0.272 e. The molecule has 2 aromatic carbocycles. The van der Waals surface area contributed by atoms with Crippen LogP contribution in [-0.4, -0.2) is 20.1 Å². The van der Waals surface area contributed by atoms with Gasteiger partial charge in [-0.25, -0.2) is 8.42 Å². The molecule has 0 unspecified atom stereocenters. The molecule has 0 aliphatic rings. The highest BCUT2D eigenvalue weighted by atomic mass is 32.2. The van der Waals surface area contributed by atoms with Gasteiger partial charge in [-0.3, -0.25) is 9.59 Å². The molecule has 0 radical (unpaired) electrons. The topological polar surface area (TPSA) is 110 Å². The molecule has 0 atom stereocenters. The van der Waals surface area contributed by atoms with E-state index in [1.54, 1.807) is 25.1 Å². The van der Waals surface area contributed by atoms with Crippen molar-refractivity contribution in [2.45, 2.75) is 16.0 Å². The van der Waals surface area contributed by atoms with Crippen LogP contribution in [0.3, 0.4) is 0 Å². The summed E-state index contributed by atoms with van der Waals surface area (Å²) in [6, 6.07) is 7.68. The second-order valence-electron chi connectivity index (χ2n) is 5.02. The Morgan fingerprint density at radius 1 is 1.16 bits per heavy atom. The van der Waals surface area contributed by atoms with Gasteiger partial charge in [-0.15, -0.1) is 11.3 Å². The largest absolute Gasteiger partial charge is 0.504 e. The molecule has 1 heterocycles. The molecule has 0 amide bonds. The van der Waals surface area contributed by atoms with Gasteiger partial charge in [-0.2, -0.15) is 0 Å². The summed E-state index contributed by atoms with van der Waals surface area (Å²) < 4.78 is 30.0. The Kier molecular flexibility index (Phi) is 4.36. The normalized spacial score (nSPS) is 11.6. The van der Waals surface area contributed by atoms with Gasteiger partial charge in [0.2, 0.25) is 9.84 Å². The number of aromatic hydroxyl groups is 1. The van der Waals surface area contributed by atoms with Gasteiger partial charge >= 0.3 is 0 Å². The standard InChI is InChI=1S/C16H13NO6S2/c1-2-23-15-11(13(19)14(15)20)17-10-8-24-16(12(10)18)25(21,22)9-6-4-3-5-7-9/h3-8,17-18H,2H2,1H3. The van der Waals surface area contributed by atoms with Gasteiger partial charge in [0.1, 0.15) is 5.69 Å². The van der Waals surface area contributed by atoms with Crippen LogP contribution in [-0.2, 0) is 9.84 Å². The van der Waals surface area contributed by atoms with Crippen molar-refractivity contribution in [3.05, 3.63) is 56.2 Å². The van der Waals surface area contributed by atoms with Crippen LogP contribution in [0.1, 0.15) is 6.92 Å². The van der Waals surface area contributed by atoms with Crippen molar-refractivity contribution in [2.24, 2.45) is 0 Å². The van der Waals surface area contributed by atoms with E-state index in [-0.39, 0.29) is 32.8 Å². The van der Waals surface area contributed by atoms with Crippen molar-refractivity contribution in [3.8, 4) is 11.5 Å². The number of benzene rings is 1. The lowest BCUT2D eigenvalue weighted by Gasteiger charge is -2.12. The average Bonchev–Trinajstić information content (AvgIpc) is 2.99. The predicted octanol–water partition coefficient (Wildman–Crippen LogP) is 2.02. The van der Waals surface area contributed by atoms with E-state index >= 15 is 0 Å². The van der Waals surface area contributed by atoms with Gasteiger partial charge in [-0.05, 0) is 19.1 Å². The zero-order valence-corrected chi connectivity index (χ0v) is 14.6. The van der Waals surface area contributed by atoms with Gasteiger partial charge in [-0.1, -0.05) is 18.2 Å². The van der Waals surface area contributed by atoms with E-state index < -0.39 is 26.4 Å². The summed E-state index contributed by atoms with van der Waals surface area (Å²) in [7, 11) is -3.89. The summed E-state index contributed by atoms with van der Waals surface area (Å²) in [6.45, 7) is 1.86. The molecule has 0 spiro atoms. The molecule has 25 heavy (non-hydrogen) atoms. The van der Waals surface area contributed by atoms with Gasteiger partial charge in [0.05, 0.1) is 17.2 Å². The Morgan fingerprint density at radius 2 is 1.84 bits per heavy atom. The minimum Gasteiger partial charge on any atom is -0.504 e. The number of hydrogen-bond donors (Lipinski definition) is 2. The van der Waals surface area contributed by atoms with Crippen molar-refractivity contribution in [2.75, 3.05) is 11.9 Å². The average molecular weight is 379 g/mol. The van der Waals surface area contributed by atoms with Crippen molar-refractivity contribution < 1.29 is 18.3 Å². The summed E-state index contributed by atoms with van der Waals surface area (Å²) in [4.78, 5) is 23.1. The first kappa shape index (κ1) is 17.2. The second kappa shape index (κ2) is 6.34. The van der Waals surface area contributed by atoms with Crippen LogP contribution in [0.2, 0.25) is 0 Å². The number of thiophene rings is 1. The van der Waals surface area contributed by atoms with Crippen LogP contribution < -0.4 is 20.9 Å². The highest BCUT2D eigenvalue weighted by Gasteiger charge is 2.28. The number of ether oxygens (including phenoxy) is 1. The van der Waals surface area contributed by atoms with Gasteiger partial charge in [0, 0.05) is 5.38 Å². The highest BCUT2D eigenvalue weighted by molar-refractivity contribution is 7.93. The lowest BCUT2D eigenvalue weighted by atomic mass is 10.2. The molecule has 0 aliphatic carbocycles. The Labute approximate surface area is 146 Å². The Balaban J connectivity index is 1.97. The van der Waals surface area contributed by atoms with Crippen molar-refractivity contribution in [1.29, 1.82) is 0 Å². The molecular formula is C16H13NO6S2. The molecule has 3 rings (SSSR count). The third-order valence-electron chi connectivity index (χ3n) is 3.44. The monoisotopic (exact) mass is 379 g/mol. The third kappa shape index (κ3) is 2.81. The molecule has 130 valence electrons. The fourth-order valence-electron chi connectivity index (χ4n) is 2.22. The molecule has 3 aromatic rings. The van der Waals surface area contributed by atoms with E-state index in [4.69, 9.17) is 4.74 Å². The Bertz CT molecular complexity index is 1090. The van der Waals surface area contributed by atoms with E-state index in [0.717, 1.165) is 11.3 Å². The van der Waals surface area contributed by atoms with Gasteiger partial charge in [0.25, 0.3) is 10.9 Å².